The van der Waals surface area contributed by atoms with Gasteiger partial charge >= 0.3 is 0 Å². The van der Waals surface area contributed by atoms with E-state index in [1.165, 1.54) is 12.1 Å². The number of halogens is 3. The van der Waals surface area contributed by atoms with E-state index in [1.807, 2.05) is 4.90 Å². The molecule has 1 saturated heterocycles. The summed E-state index contributed by atoms with van der Waals surface area (Å²) in [6.07, 6.45) is 1.87. The maximum atomic E-state index is 14.0. The number of rotatable bonds is 2. The normalized spacial score (nSPS) is 24.4. The highest BCUT2D eigenvalue weighted by Crippen LogP contribution is 2.28. The van der Waals surface area contributed by atoms with E-state index in [2.05, 4.69) is 35.1 Å². The molecular weight excluding hydrogens is 314 g/mol. The van der Waals surface area contributed by atoms with E-state index >= 15 is 0 Å². The molecule has 2 nitrogen and oxygen atoms in total. The van der Waals surface area contributed by atoms with Crippen molar-refractivity contribution in [3.8, 4) is 0 Å². The molecule has 1 fully saturated rings. The van der Waals surface area contributed by atoms with Gasteiger partial charge in [0, 0.05) is 24.7 Å². The average Bonchev–Trinajstić information content (AvgIpc) is 2.57. The molecule has 0 radical (unpaired) electrons. The van der Waals surface area contributed by atoms with Crippen molar-refractivity contribution in [1.29, 1.82) is 0 Å². The molecule has 1 aromatic carbocycles. The molecule has 1 aliphatic heterocycles. The Balaban J connectivity index is 2.32. The topological polar surface area (TPSA) is 15.3 Å². The third-order valence-corrected chi connectivity index (χ3v) is 4.41. The minimum atomic E-state index is -0.424. The van der Waals surface area contributed by atoms with E-state index in [4.69, 9.17) is 0 Å². The first-order chi connectivity index (χ1) is 8.95. The molecule has 0 amide bonds. The Kier molecular flexibility index (Phi) is 4.46. The van der Waals surface area contributed by atoms with Crippen LogP contribution < -0.4 is 10.2 Å². The van der Waals surface area contributed by atoms with Crippen molar-refractivity contribution in [3.63, 3.8) is 0 Å². The maximum absolute atomic E-state index is 14.0. The predicted octanol–water partition coefficient (Wildman–Crippen LogP) is 3.70. The van der Waals surface area contributed by atoms with Gasteiger partial charge < -0.3 is 10.2 Å². The smallest absolute Gasteiger partial charge is 0.147 e. The van der Waals surface area contributed by atoms with Crippen LogP contribution in [0, 0.1) is 11.6 Å². The maximum Gasteiger partial charge on any atom is 0.147 e. The lowest BCUT2D eigenvalue weighted by Crippen LogP contribution is -2.48. The summed E-state index contributed by atoms with van der Waals surface area (Å²) in [6, 6.07) is 2.48. The zero-order chi connectivity index (χ0) is 14.0. The fraction of sp³-hybridized carbons (Fsp3) is 0.571. The zero-order valence-corrected chi connectivity index (χ0v) is 12.9. The number of benzene rings is 1. The Morgan fingerprint density at radius 3 is 2.79 bits per heavy atom. The van der Waals surface area contributed by atoms with E-state index in [-0.39, 0.29) is 15.8 Å². The van der Waals surface area contributed by atoms with Gasteiger partial charge in [-0.05, 0) is 48.3 Å². The van der Waals surface area contributed by atoms with Gasteiger partial charge in [-0.3, -0.25) is 0 Å². The van der Waals surface area contributed by atoms with Crippen LogP contribution in [0.1, 0.15) is 26.7 Å². The number of nitrogens with one attached hydrogen (secondary N) is 1. The predicted molar refractivity (Wildman–Crippen MR) is 77.6 cm³/mol. The molecule has 0 saturated carbocycles. The van der Waals surface area contributed by atoms with E-state index in [9.17, 15) is 8.78 Å². The van der Waals surface area contributed by atoms with Crippen molar-refractivity contribution < 1.29 is 8.78 Å². The molecule has 106 valence electrons. The summed E-state index contributed by atoms with van der Waals surface area (Å²) in [4.78, 5) is 1.94. The van der Waals surface area contributed by atoms with E-state index < -0.39 is 5.82 Å². The van der Waals surface area contributed by atoms with Crippen molar-refractivity contribution in [2.45, 2.75) is 32.2 Å². The van der Waals surface area contributed by atoms with Crippen molar-refractivity contribution in [2.24, 2.45) is 0 Å². The van der Waals surface area contributed by atoms with Gasteiger partial charge in [0.1, 0.15) is 11.6 Å². The van der Waals surface area contributed by atoms with Crippen LogP contribution >= 0.6 is 15.9 Å². The SMILES string of the molecule is CCC1(C)CN(c2cc(F)c(Br)cc2F)CCCN1. The molecule has 1 heterocycles. The fourth-order valence-electron chi connectivity index (χ4n) is 2.41. The van der Waals surface area contributed by atoms with Gasteiger partial charge in [-0.15, -0.1) is 0 Å². The summed E-state index contributed by atoms with van der Waals surface area (Å²) in [5.41, 5.74) is 0.288. The molecule has 0 bridgehead atoms. The molecule has 2 rings (SSSR count). The number of hydrogen-bond donors (Lipinski definition) is 1. The van der Waals surface area contributed by atoms with E-state index in [1.54, 1.807) is 0 Å². The van der Waals surface area contributed by atoms with Gasteiger partial charge in [0.15, 0.2) is 0 Å². The molecule has 0 spiro atoms. The number of hydrogen-bond acceptors (Lipinski definition) is 2. The molecule has 1 unspecified atom stereocenters. The van der Waals surface area contributed by atoms with Gasteiger partial charge in [0.05, 0.1) is 10.2 Å². The molecule has 0 aromatic heterocycles. The second-order valence-electron chi connectivity index (χ2n) is 5.33. The Bertz CT molecular complexity index is 467. The van der Waals surface area contributed by atoms with Crippen LogP contribution in [0.5, 0.6) is 0 Å². The van der Waals surface area contributed by atoms with Crippen molar-refractivity contribution in [3.05, 3.63) is 28.2 Å². The minimum Gasteiger partial charge on any atom is -0.367 e. The molecule has 1 aliphatic rings. The Labute approximate surface area is 121 Å². The van der Waals surface area contributed by atoms with Gasteiger partial charge in [0.25, 0.3) is 0 Å². The molecule has 1 atom stereocenters. The lowest BCUT2D eigenvalue weighted by molar-refractivity contribution is 0.365. The van der Waals surface area contributed by atoms with Gasteiger partial charge in [-0.25, -0.2) is 8.78 Å². The number of nitrogens with zero attached hydrogens (tertiary/aromatic N) is 1. The summed E-state index contributed by atoms with van der Waals surface area (Å²) >= 11 is 3.01. The largest absolute Gasteiger partial charge is 0.367 e. The first-order valence-electron chi connectivity index (χ1n) is 6.60. The molecular formula is C14H19BrF2N2. The highest BCUT2D eigenvalue weighted by atomic mass is 79.9. The van der Waals surface area contributed by atoms with Crippen molar-refractivity contribution in [1.82, 2.24) is 5.32 Å². The van der Waals surface area contributed by atoms with Gasteiger partial charge in [-0.1, -0.05) is 6.92 Å². The Morgan fingerprint density at radius 2 is 2.11 bits per heavy atom. The Morgan fingerprint density at radius 1 is 1.37 bits per heavy atom. The second-order valence-corrected chi connectivity index (χ2v) is 6.19. The summed E-state index contributed by atoms with van der Waals surface area (Å²) in [7, 11) is 0. The molecule has 1 N–H and O–H groups in total. The molecule has 19 heavy (non-hydrogen) atoms. The van der Waals surface area contributed by atoms with E-state index in [0.29, 0.717) is 12.2 Å². The lowest BCUT2D eigenvalue weighted by Gasteiger charge is -2.34. The monoisotopic (exact) mass is 332 g/mol. The van der Waals surface area contributed by atoms with Gasteiger partial charge in [-0.2, -0.15) is 0 Å². The second kappa shape index (κ2) is 5.75. The first-order valence-corrected chi connectivity index (χ1v) is 7.39. The molecule has 1 aromatic rings. The third-order valence-electron chi connectivity index (χ3n) is 3.81. The summed E-state index contributed by atoms with van der Waals surface area (Å²) in [5, 5.41) is 3.49. The zero-order valence-electron chi connectivity index (χ0n) is 11.3. The van der Waals surface area contributed by atoms with Crippen LogP contribution in [-0.4, -0.2) is 25.2 Å². The van der Waals surface area contributed by atoms with Crippen LogP contribution in [-0.2, 0) is 0 Å². The third kappa shape index (κ3) is 3.26. The summed E-state index contributed by atoms with van der Waals surface area (Å²) < 4.78 is 27.8. The number of anilines is 1. The lowest BCUT2D eigenvalue weighted by atomic mass is 9.98. The molecule has 0 aliphatic carbocycles. The summed E-state index contributed by atoms with van der Waals surface area (Å²) in [6.45, 7) is 6.55. The minimum absolute atomic E-state index is 0.0630. The van der Waals surface area contributed by atoms with Gasteiger partial charge in [0.2, 0.25) is 0 Å². The van der Waals surface area contributed by atoms with Crippen molar-refractivity contribution >= 4 is 21.6 Å². The van der Waals surface area contributed by atoms with Crippen LogP contribution in [0.4, 0.5) is 14.5 Å². The van der Waals surface area contributed by atoms with Crippen molar-refractivity contribution in [2.75, 3.05) is 24.5 Å². The average molecular weight is 333 g/mol. The van der Waals surface area contributed by atoms with Crippen LogP contribution in [0.15, 0.2) is 16.6 Å². The van der Waals surface area contributed by atoms with E-state index in [0.717, 1.165) is 25.9 Å². The molecule has 5 heteroatoms. The quantitative estimate of drug-likeness (QED) is 0.831. The first kappa shape index (κ1) is 14.7. The Hall–Kier alpha value is -0.680. The van der Waals surface area contributed by atoms with Crippen LogP contribution in [0.25, 0.3) is 0 Å². The highest BCUT2D eigenvalue weighted by Gasteiger charge is 2.28. The fourth-order valence-corrected chi connectivity index (χ4v) is 2.73. The van der Waals surface area contributed by atoms with Crippen LogP contribution in [0.2, 0.25) is 0 Å². The summed E-state index contributed by atoms with van der Waals surface area (Å²) in [5.74, 6) is -0.805. The standard InChI is InChI=1S/C14H19BrF2N2/c1-3-14(2)9-19(6-4-5-18-14)13-8-11(16)10(15)7-12(13)17/h7-8,18H,3-6,9H2,1-2H3. The highest BCUT2D eigenvalue weighted by molar-refractivity contribution is 9.10. The van der Waals surface area contributed by atoms with Crippen LogP contribution in [0.3, 0.4) is 0 Å².